The standard InChI is InChI=1S/C16H26N4O/c1-3-15-14(11-12(2)18-19-15)16(21)20(10-9-17)13-7-5-4-6-8-13/h11,13H,3-10,17H2,1-2H3. The van der Waals surface area contributed by atoms with Gasteiger partial charge in [0, 0.05) is 19.1 Å². The van der Waals surface area contributed by atoms with Crippen molar-refractivity contribution in [2.45, 2.75) is 58.4 Å². The van der Waals surface area contributed by atoms with Gasteiger partial charge in [-0.25, -0.2) is 0 Å². The molecule has 1 aliphatic rings. The molecule has 2 N–H and O–H groups in total. The molecule has 0 saturated heterocycles. The molecule has 1 fully saturated rings. The number of carbonyl (C=O) groups is 1. The van der Waals surface area contributed by atoms with Gasteiger partial charge in [-0.05, 0) is 32.3 Å². The van der Waals surface area contributed by atoms with Gasteiger partial charge in [-0.3, -0.25) is 4.79 Å². The van der Waals surface area contributed by atoms with Gasteiger partial charge in [0.15, 0.2) is 0 Å². The van der Waals surface area contributed by atoms with E-state index in [-0.39, 0.29) is 5.91 Å². The minimum atomic E-state index is 0.0715. The van der Waals surface area contributed by atoms with Crippen LogP contribution in [0.2, 0.25) is 0 Å². The predicted molar refractivity (Wildman–Crippen MR) is 83.1 cm³/mol. The third-order valence-electron chi connectivity index (χ3n) is 4.20. The number of nitrogens with two attached hydrogens (primary N) is 1. The van der Waals surface area contributed by atoms with E-state index in [0.717, 1.165) is 30.7 Å². The third kappa shape index (κ3) is 3.79. The van der Waals surface area contributed by atoms with Crippen LogP contribution in [0.3, 0.4) is 0 Å². The molecular formula is C16H26N4O. The smallest absolute Gasteiger partial charge is 0.256 e. The summed E-state index contributed by atoms with van der Waals surface area (Å²) >= 11 is 0. The average molecular weight is 290 g/mol. The van der Waals surface area contributed by atoms with E-state index in [1.807, 2.05) is 24.8 Å². The Labute approximate surface area is 126 Å². The predicted octanol–water partition coefficient (Wildman–Crippen LogP) is 2.08. The Morgan fingerprint density at radius 2 is 2.05 bits per heavy atom. The van der Waals surface area contributed by atoms with Gasteiger partial charge in [0.25, 0.3) is 5.91 Å². The van der Waals surface area contributed by atoms with E-state index in [0.29, 0.717) is 24.7 Å². The van der Waals surface area contributed by atoms with Crippen molar-refractivity contribution in [3.05, 3.63) is 23.0 Å². The first kappa shape index (κ1) is 15.9. The summed E-state index contributed by atoms with van der Waals surface area (Å²) in [5.41, 5.74) is 7.99. The highest BCUT2D eigenvalue weighted by Crippen LogP contribution is 2.24. The molecule has 1 aromatic heterocycles. The normalized spacial score (nSPS) is 16.0. The molecule has 0 aliphatic heterocycles. The van der Waals surface area contributed by atoms with Gasteiger partial charge >= 0.3 is 0 Å². The average Bonchev–Trinajstić information content (AvgIpc) is 2.52. The number of aromatic nitrogens is 2. The van der Waals surface area contributed by atoms with Gasteiger partial charge in [0.05, 0.1) is 17.0 Å². The van der Waals surface area contributed by atoms with Gasteiger partial charge in [-0.15, -0.1) is 0 Å². The van der Waals surface area contributed by atoms with Crippen LogP contribution in [-0.2, 0) is 6.42 Å². The van der Waals surface area contributed by atoms with Crippen molar-refractivity contribution in [3.8, 4) is 0 Å². The van der Waals surface area contributed by atoms with Crippen LogP contribution in [0.4, 0.5) is 0 Å². The number of hydrogen-bond acceptors (Lipinski definition) is 4. The Morgan fingerprint density at radius 3 is 2.67 bits per heavy atom. The number of amides is 1. The molecule has 0 unspecified atom stereocenters. The first-order valence-corrected chi connectivity index (χ1v) is 8.01. The first-order valence-electron chi connectivity index (χ1n) is 8.01. The molecule has 5 heteroatoms. The van der Waals surface area contributed by atoms with E-state index in [1.165, 1.54) is 19.3 Å². The zero-order chi connectivity index (χ0) is 15.2. The van der Waals surface area contributed by atoms with Crippen LogP contribution in [0.15, 0.2) is 6.07 Å². The Kier molecular flexibility index (Phi) is 5.67. The summed E-state index contributed by atoms with van der Waals surface area (Å²) in [6, 6.07) is 2.19. The lowest BCUT2D eigenvalue weighted by Crippen LogP contribution is -2.44. The minimum Gasteiger partial charge on any atom is -0.334 e. The first-order chi connectivity index (χ1) is 10.2. The van der Waals surface area contributed by atoms with Crippen LogP contribution in [0.1, 0.15) is 60.8 Å². The van der Waals surface area contributed by atoms with E-state index in [1.54, 1.807) is 0 Å². The molecule has 1 aliphatic carbocycles. The second-order valence-corrected chi connectivity index (χ2v) is 5.78. The minimum absolute atomic E-state index is 0.0715. The summed E-state index contributed by atoms with van der Waals surface area (Å²) < 4.78 is 0. The van der Waals surface area contributed by atoms with Crippen LogP contribution >= 0.6 is 0 Å². The second-order valence-electron chi connectivity index (χ2n) is 5.78. The molecular weight excluding hydrogens is 264 g/mol. The fourth-order valence-corrected chi connectivity index (χ4v) is 3.10. The Morgan fingerprint density at radius 1 is 1.33 bits per heavy atom. The zero-order valence-corrected chi connectivity index (χ0v) is 13.1. The highest BCUT2D eigenvalue weighted by Gasteiger charge is 2.27. The van der Waals surface area contributed by atoms with E-state index in [2.05, 4.69) is 10.2 Å². The molecule has 0 spiro atoms. The molecule has 0 aromatic carbocycles. The molecule has 1 amide bonds. The highest BCUT2D eigenvalue weighted by atomic mass is 16.2. The molecule has 0 radical (unpaired) electrons. The molecule has 2 rings (SSSR count). The summed E-state index contributed by atoms with van der Waals surface area (Å²) in [6.07, 6.45) is 6.57. The van der Waals surface area contributed by atoms with E-state index < -0.39 is 0 Å². The van der Waals surface area contributed by atoms with E-state index in [9.17, 15) is 4.79 Å². The van der Waals surface area contributed by atoms with Crippen molar-refractivity contribution in [2.24, 2.45) is 5.73 Å². The largest absolute Gasteiger partial charge is 0.334 e. The lowest BCUT2D eigenvalue weighted by molar-refractivity contribution is 0.0639. The van der Waals surface area contributed by atoms with E-state index in [4.69, 9.17) is 5.73 Å². The molecule has 0 bridgehead atoms. The summed E-state index contributed by atoms with van der Waals surface area (Å²) in [6.45, 7) is 5.00. The SMILES string of the molecule is CCc1nnc(C)cc1C(=O)N(CCN)C1CCCCC1. The van der Waals surface area contributed by atoms with Crippen molar-refractivity contribution in [1.82, 2.24) is 15.1 Å². The summed E-state index contributed by atoms with van der Waals surface area (Å²) in [7, 11) is 0. The lowest BCUT2D eigenvalue weighted by Gasteiger charge is -2.34. The summed E-state index contributed by atoms with van der Waals surface area (Å²) in [4.78, 5) is 14.9. The van der Waals surface area contributed by atoms with Gasteiger partial charge in [0.2, 0.25) is 0 Å². The molecule has 21 heavy (non-hydrogen) atoms. The van der Waals surface area contributed by atoms with Gasteiger partial charge in [0.1, 0.15) is 0 Å². The topological polar surface area (TPSA) is 72.1 Å². The number of carbonyl (C=O) groups excluding carboxylic acids is 1. The molecule has 0 atom stereocenters. The number of nitrogens with zero attached hydrogens (tertiary/aromatic N) is 3. The zero-order valence-electron chi connectivity index (χ0n) is 13.1. The lowest BCUT2D eigenvalue weighted by atomic mass is 9.93. The quantitative estimate of drug-likeness (QED) is 0.901. The Hall–Kier alpha value is -1.49. The number of aryl methyl sites for hydroxylation is 2. The van der Waals surface area contributed by atoms with Crippen molar-refractivity contribution in [2.75, 3.05) is 13.1 Å². The second kappa shape index (κ2) is 7.50. The number of hydrogen-bond donors (Lipinski definition) is 1. The van der Waals surface area contributed by atoms with E-state index >= 15 is 0 Å². The molecule has 5 nitrogen and oxygen atoms in total. The van der Waals surface area contributed by atoms with Crippen LogP contribution in [0.5, 0.6) is 0 Å². The number of rotatable bonds is 5. The van der Waals surface area contributed by atoms with Gasteiger partial charge in [-0.1, -0.05) is 26.2 Å². The molecule has 116 valence electrons. The monoisotopic (exact) mass is 290 g/mol. The van der Waals surface area contributed by atoms with Crippen molar-refractivity contribution < 1.29 is 4.79 Å². The van der Waals surface area contributed by atoms with Crippen molar-refractivity contribution in [1.29, 1.82) is 0 Å². The highest BCUT2D eigenvalue weighted by molar-refractivity contribution is 5.95. The fourth-order valence-electron chi connectivity index (χ4n) is 3.10. The van der Waals surface area contributed by atoms with Gasteiger partial charge < -0.3 is 10.6 Å². The maximum atomic E-state index is 13.0. The Balaban J connectivity index is 2.27. The van der Waals surface area contributed by atoms with Crippen LogP contribution < -0.4 is 5.73 Å². The van der Waals surface area contributed by atoms with Crippen LogP contribution in [-0.4, -0.2) is 40.1 Å². The maximum absolute atomic E-state index is 13.0. The van der Waals surface area contributed by atoms with Crippen molar-refractivity contribution >= 4 is 5.91 Å². The van der Waals surface area contributed by atoms with Crippen LogP contribution in [0, 0.1) is 6.92 Å². The molecule has 1 aromatic rings. The maximum Gasteiger partial charge on any atom is 0.256 e. The fraction of sp³-hybridized carbons (Fsp3) is 0.688. The van der Waals surface area contributed by atoms with Gasteiger partial charge in [-0.2, -0.15) is 10.2 Å². The molecule has 1 saturated carbocycles. The summed E-state index contributed by atoms with van der Waals surface area (Å²) in [5, 5.41) is 8.24. The van der Waals surface area contributed by atoms with Crippen LogP contribution in [0.25, 0.3) is 0 Å². The Bertz CT molecular complexity index is 483. The third-order valence-corrected chi connectivity index (χ3v) is 4.20. The van der Waals surface area contributed by atoms with Crippen molar-refractivity contribution in [3.63, 3.8) is 0 Å². The molecule has 1 heterocycles. The summed E-state index contributed by atoms with van der Waals surface area (Å²) in [5.74, 6) is 0.0715.